The van der Waals surface area contributed by atoms with Crippen LogP contribution >= 0.6 is 23.2 Å². The van der Waals surface area contributed by atoms with Gasteiger partial charge in [0.1, 0.15) is 6.61 Å². The summed E-state index contributed by atoms with van der Waals surface area (Å²) >= 11 is 12.3. The zero-order valence-corrected chi connectivity index (χ0v) is 13.9. The van der Waals surface area contributed by atoms with Gasteiger partial charge in [-0.2, -0.15) is 0 Å². The van der Waals surface area contributed by atoms with Crippen molar-refractivity contribution in [1.29, 1.82) is 0 Å². The van der Waals surface area contributed by atoms with Gasteiger partial charge in [0.2, 0.25) is 0 Å². The molecule has 0 saturated carbocycles. The van der Waals surface area contributed by atoms with Gasteiger partial charge in [-0.1, -0.05) is 41.3 Å². The lowest BCUT2D eigenvalue weighted by atomic mass is 10.1. The number of ether oxygens (including phenoxy) is 1. The minimum atomic E-state index is 0.120. The van der Waals surface area contributed by atoms with Crippen molar-refractivity contribution in [1.82, 2.24) is 0 Å². The van der Waals surface area contributed by atoms with Crippen LogP contribution in [0.4, 0.5) is 5.69 Å². The third kappa shape index (κ3) is 4.04. The summed E-state index contributed by atoms with van der Waals surface area (Å²) in [7, 11) is 0. The summed E-state index contributed by atoms with van der Waals surface area (Å²) in [6.45, 7) is 4.17. The second-order valence-electron chi connectivity index (χ2n) is 4.85. The first-order valence-electron chi connectivity index (χ1n) is 6.68. The minimum absolute atomic E-state index is 0.120. The van der Waals surface area contributed by atoms with Crippen molar-refractivity contribution in [3.05, 3.63) is 57.1 Å². The molecule has 2 aromatic carbocycles. The highest BCUT2D eigenvalue weighted by Gasteiger charge is 2.08. The van der Waals surface area contributed by atoms with Gasteiger partial charge in [0.15, 0.2) is 5.75 Å². The summed E-state index contributed by atoms with van der Waals surface area (Å²) in [6, 6.07) is 9.61. The molecule has 0 aliphatic rings. The van der Waals surface area contributed by atoms with E-state index in [2.05, 4.69) is 17.0 Å². The normalized spacial score (nSPS) is 10.7. The molecule has 0 heterocycles. The molecule has 0 unspecified atom stereocenters. The summed E-state index contributed by atoms with van der Waals surface area (Å²) in [5.74, 6) is 2.77. The third-order valence-electron chi connectivity index (χ3n) is 3.04. The molecule has 22 heavy (non-hydrogen) atoms. The number of nitrogens with zero attached hydrogens (tertiary/aromatic N) is 1. The van der Waals surface area contributed by atoms with Gasteiger partial charge >= 0.3 is 0 Å². The molecule has 0 bridgehead atoms. The van der Waals surface area contributed by atoms with Crippen LogP contribution in [-0.2, 0) is 0 Å². The van der Waals surface area contributed by atoms with Gasteiger partial charge in [-0.15, -0.1) is 6.42 Å². The van der Waals surface area contributed by atoms with Gasteiger partial charge in [0.05, 0.1) is 15.7 Å². The molecule has 2 aromatic rings. The largest absolute Gasteiger partial charge is 0.478 e. The topological polar surface area (TPSA) is 21.6 Å². The molecule has 0 aromatic heterocycles. The van der Waals surface area contributed by atoms with Crippen molar-refractivity contribution in [2.75, 3.05) is 6.61 Å². The number of terminal acetylenes is 1. The highest BCUT2D eigenvalue weighted by molar-refractivity contribution is 6.37. The summed E-state index contributed by atoms with van der Waals surface area (Å²) in [5, 5.41) is 0.815. The average Bonchev–Trinajstić information content (AvgIpc) is 2.47. The van der Waals surface area contributed by atoms with E-state index in [1.54, 1.807) is 18.3 Å². The fourth-order valence-electron chi connectivity index (χ4n) is 1.91. The van der Waals surface area contributed by atoms with Gasteiger partial charge in [-0.3, -0.25) is 4.99 Å². The number of hydrogen-bond donors (Lipinski definition) is 0. The molecule has 0 aliphatic heterocycles. The maximum Gasteiger partial charge on any atom is 0.157 e. The molecule has 112 valence electrons. The van der Waals surface area contributed by atoms with Crippen LogP contribution in [0.5, 0.6) is 5.75 Å². The van der Waals surface area contributed by atoms with Crippen molar-refractivity contribution < 1.29 is 4.74 Å². The van der Waals surface area contributed by atoms with Crippen molar-refractivity contribution in [2.24, 2.45) is 4.99 Å². The van der Waals surface area contributed by atoms with Crippen LogP contribution in [-0.4, -0.2) is 12.8 Å². The van der Waals surface area contributed by atoms with Crippen LogP contribution in [0.15, 0.2) is 35.3 Å². The van der Waals surface area contributed by atoms with Crippen LogP contribution < -0.4 is 4.74 Å². The Morgan fingerprint density at radius 1 is 1.18 bits per heavy atom. The predicted octanol–water partition coefficient (Wildman–Crippen LogP) is 5.37. The van der Waals surface area contributed by atoms with Crippen LogP contribution in [0, 0.1) is 26.2 Å². The van der Waals surface area contributed by atoms with Gasteiger partial charge in [0, 0.05) is 6.21 Å². The van der Waals surface area contributed by atoms with Gasteiger partial charge < -0.3 is 4.74 Å². The molecule has 2 rings (SSSR count). The molecule has 0 fully saturated rings. The number of halogens is 2. The predicted molar refractivity (Wildman–Crippen MR) is 94.0 cm³/mol. The van der Waals surface area contributed by atoms with E-state index in [0.717, 1.165) is 22.4 Å². The quantitative estimate of drug-likeness (QED) is 0.545. The summed E-state index contributed by atoms with van der Waals surface area (Å²) in [6.07, 6.45) is 6.89. The molecule has 0 saturated heterocycles. The second kappa shape index (κ2) is 7.35. The molecule has 2 nitrogen and oxygen atoms in total. The van der Waals surface area contributed by atoms with E-state index in [9.17, 15) is 0 Å². The summed E-state index contributed by atoms with van der Waals surface area (Å²) in [4.78, 5) is 4.50. The van der Waals surface area contributed by atoms with Crippen molar-refractivity contribution in [3.63, 3.8) is 0 Å². The lowest BCUT2D eigenvalue weighted by molar-refractivity contribution is 0.371. The van der Waals surface area contributed by atoms with E-state index in [1.807, 2.05) is 26.0 Å². The Kier molecular flexibility index (Phi) is 5.49. The fraction of sp³-hybridized carbons (Fsp3) is 0.167. The molecule has 0 atom stereocenters. The van der Waals surface area contributed by atoms with Gasteiger partial charge in [-0.05, 0) is 48.7 Å². The maximum atomic E-state index is 6.17. The Bertz CT molecular complexity index is 737. The first kappa shape index (κ1) is 16.4. The molecule has 0 radical (unpaired) electrons. The smallest absolute Gasteiger partial charge is 0.157 e. The molecule has 4 heteroatoms. The lowest BCUT2D eigenvalue weighted by Crippen LogP contribution is -1.96. The Labute approximate surface area is 140 Å². The zero-order chi connectivity index (χ0) is 16.1. The minimum Gasteiger partial charge on any atom is -0.478 e. The first-order chi connectivity index (χ1) is 10.5. The Hall–Kier alpha value is -1.95. The monoisotopic (exact) mass is 331 g/mol. The van der Waals surface area contributed by atoms with Crippen molar-refractivity contribution in [2.45, 2.75) is 13.8 Å². The molecule has 0 N–H and O–H groups in total. The van der Waals surface area contributed by atoms with Gasteiger partial charge in [0.25, 0.3) is 0 Å². The number of aryl methyl sites for hydroxylation is 2. The molecule has 0 aliphatic carbocycles. The number of benzene rings is 2. The Morgan fingerprint density at radius 3 is 2.50 bits per heavy atom. The molecular formula is C18H15Cl2NO. The standard InChI is InChI=1S/C18H15Cl2NO/c1-4-7-22-18-15(19)9-14(10-16(18)20)11-21-17-8-12(2)5-6-13(17)3/h1,5-6,8-11H,7H2,2-3H3. The first-order valence-corrected chi connectivity index (χ1v) is 7.43. The second-order valence-corrected chi connectivity index (χ2v) is 5.67. The molecular weight excluding hydrogens is 317 g/mol. The summed E-state index contributed by atoms with van der Waals surface area (Å²) in [5.41, 5.74) is 3.98. The Balaban J connectivity index is 2.29. The highest BCUT2D eigenvalue weighted by Crippen LogP contribution is 2.34. The lowest BCUT2D eigenvalue weighted by Gasteiger charge is -2.08. The number of rotatable bonds is 4. The van der Waals surface area contributed by atoms with Crippen LogP contribution in [0.2, 0.25) is 10.0 Å². The van der Waals surface area contributed by atoms with Gasteiger partial charge in [-0.25, -0.2) is 0 Å². The highest BCUT2D eigenvalue weighted by atomic mass is 35.5. The van der Waals surface area contributed by atoms with Crippen LogP contribution in [0.1, 0.15) is 16.7 Å². The molecule has 0 spiro atoms. The SMILES string of the molecule is C#CCOc1c(Cl)cc(C=Nc2cc(C)ccc2C)cc1Cl. The number of hydrogen-bond acceptors (Lipinski definition) is 2. The molecule has 0 amide bonds. The van der Waals surface area contributed by atoms with E-state index >= 15 is 0 Å². The van der Waals surface area contributed by atoms with Crippen LogP contribution in [0.25, 0.3) is 0 Å². The van der Waals surface area contributed by atoms with E-state index < -0.39 is 0 Å². The number of aliphatic imine (C=N–C) groups is 1. The fourth-order valence-corrected chi connectivity index (χ4v) is 2.52. The Morgan fingerprint density at radius 2 is 1.86 bits per heavy atom. The zero-order valence-electron chi connectivity index (χ0n) is 12.4. The third-order valence-corrected chi connectivity index (χ3v) is 3.60. The van der Waals surface area contributed by atoms with Crippen molar-refractivity contribution >= 4 is 35.1 Å². The van der Waals surface area contributed by atoms with E-state index in [-0.39, 0.29) is 6.61 Å². The average molecular weight is 332 g/mol. The summed E-state index contributed by atoms with van der Waals surface area (Å²) < 4.78 is 5.32. The van der Waals surface area contributed by atoms with E-state index in [4.69, 9.17) is 34.4 Å². The van der Waals surface area contributed by atoms with E-state index in [1.165, 1.54) is 0 Å². The van der Waals surface area contributed by atoms with Crippen LogP contribution in [0.3, 0.4) is 0 Å². The van der Waals surface area contributed by atoms with E-state index in [0.29, 0.717) is 15.8 Å². The maximum absolute atomic E-state index is 6.17. The van der Waals surface area contributed by atoms with Crippen molar-refractivity contribution in [3.8, 4) is 18.1 Å².